The van der Waals surface area contributed by atoms with Crippen molar-refractivity contribution in [2.24, 2.45) is 0 Å². The number of ether oxygens (including phenoxy) is 1. The third kappa shape index (κ3) is 2.50. The molecule has 0 saturated heterocycles. The van der Waals surface area contributed by atoms with E-state index >= 15 is 0 Å². The molecule has 0 bridgehead atoms. The summed E-state index contributed by atoms with van der Waals surface area (Å²) in [6, 6.07) is 5.47. The topological polar surface area (TPSA) is 9.23 Å². The van der Waals surface area contributed by atoms with E-state index in [9.17, 15) is 8.78 Å². The quantitative estimate of drug-likeness (QED) is 0.780. The maximum absolute atomic E-state index is 13.6. The Bertz CT molecular complexity index is 449. The summed E-state index contributed by atoms with van der Waals surface area (Å²) >= 11 is 3.14. The van der Waals surface area contributed by atoms with Crippen LogP contribution in [0.4, 0.5) is 8.78 Å². The molecular weight excluding hydrogens is 278 g/mol. The molecule has 0 spiro atoms. The van der Waals surface area contributed by atoms with E-state index in [0.29, 0.717) is 16.7 Å². The van der Waals surface area contributed by atoms with Gasteiger partial charge in [0, 0.05) is 4.48 Å². The summed E-state index contributed by atoms with van der Waals surface area (Å²) in [7, 11) is 0. The Kier molecular flexibility index (Phi) is 3.39. The highest BCUT2D eigenvalue weighted by Gasteiger charge is 2.16. The largest absolute Gasteiger partial charge is 0.455 e. The summed E-state index contributed by atoms with van der Waals surface area (Å²) in [5, 5.41) is 0. The Morgan fingerprint density at radius 1 is 1.12 bits per heavy atom. The van der Waals surface area contributed by atoms with Gasteiger partial charge < -0.3 is 4.74 Å². The van der Waals surface area contributed by atoms with Crippen LogP contribution in [0.15, 0.2) is 46.4 Å². The maximum atomic E-state index is 13.6. The molecule has 0 atom stereocenters. The number of rotatable bonds is 2. The Hall–Kier alpha value is -1.16. The normalized spacial score (nSPS) is 16.1. The first-order valence-electron chi connectivity index (χ1n) is 4.85. The van der Waals surface area contributed by atoms with Gasteiger partial charge in [-0.25, -0.2) is 8.78 Å². The van der Waals surface area contributed by atoms with Gasteiger partial charge in [-0.3, -0.25) is 0 Å². The second-order valence-corrected chi connectivity index (χ2v) is 4.34. The molecule has 0 fully saturated rings. The van der Waals surface area contributed by atoms with Crippen molar-refractivity contribution in [2.75, 3.05) is 0 Å². The maximum Gasteiger partial charge on any atom is 0.175 e. The monoisotopic (exact) mass is 286 g/mol. The van der Waals surface area contributed by atoms with Crippen molar-refractivity contribution in [3.05, 3.63) is 52.2 Å². The van der Waals surface area contributed by atoms with Gasteiger partial charge in [0.15, 0.2) is 11.6 Å². The molecule has 0 radical (unpaired) electrons. The highest BCUT2D eigenvalue weighted by Crippen LogP contribution is 2.31. The van der Waals surface area contributed by atoms with E-state index in [2.05, 4.69) is 15.9 Å². The molecule has 16 heavy (non-hydrogen) atoms. The molecule has 1 aromatic carbocycles. The van der Waals surface area contributed by atoms with Crippen LogP contribution in [0.5, 0.6) is 5.75 Å². The van der Waals surface area contributed by atoms with Crippen molar-refractivity contribution in [2.45, 2.75) is 12.8 Å². The van der Waals surface area contributed by atoms with Gasteiger partial charge in [-0.2, -0.15) is 0 Å². The Morgan fingerprint density at radius 3 is 2.50 bits per heavy atom. The Balaban J connectivity index is 2.16. The second-order valence-electron chi connectivity index (χ2n) is 3.38. The number of allylic oxidation sites excluding steroid dienone is 3. The van der Waals surface area contributed by atoms with Crippen LogP contribution < -0.4 is 4.74 Å². The SMILES string of the molecule is FC1=C(Br)CCC=C1Oc1ccc(F)cc1. The van der Waals surface area contributed by atoms with Gasteiger partial charge in [0.2, 0.25) is 0 Å². The van der Waals surface area contributed by atoms with Crippen LogP contribution in [0.25, 0.3) is 0 Å². The summed E-state index contributed by atoms with van der Waals surface area (Å²) in [4.78, 5) is 0. The number of benzene rings is 1. The van der Waals surface area contributed by atoms with E-state index in [0.717, 1.165) is 6.42 Å². The minimum absolute atomic E-state index is 0.185. The van der Waals surface area contributed by atoms with Gasteiger partial charge in [0.25, 0.3) is 0 Å². The number of hydrogen-bond acceptors (Lipinski definition) is 1. The Labute approximate surface area is 101 Å². The van der Waals surface area contributed by atoms with Crippen LogP contribution in [0.1, 0.15) is 12.8 Å². The van der Waals surface area contributed by atoms with E-state index in [-0.39, 0.29) is 11.6 Å². The predicted molar refractivity (Wildman–Crippen MR) is 61.4 cm³/mol. The fourth-order valence-corrected chi connectivity index (χ4v) is 1.80. The van der Waals surface area contributed by atoms with Crippen LogP contribution in [0.2, 0.25) is 0 Å². The van der Waals surface area contributed by atoms with E-state index in [1.165, 1.54) is 24.3 Å². The lowest BCUT2D eigenvalue weighted by atomic mass is 10.1. The van der Waals surface area contributed by atoms with Crippen molar-refractivity contribution in [3.8, 4) is 5.75 Å². The molecule has 1 aliphatic rings. The first-order valence-corrected chi connectivity index (χ1v) is 5.64. The molecule has 0 amide bonds. The summed E-state index contributed by atoms with van der Waals surface area (Å²) in [5.41, 5.74) is 0. The van der Waals surface area contributed by atoms with Crippen molar-refractivity contribution in [3.63, 3.8) is 0 Å². The average Bonchev–Trinajstić information content (AvgIpc) is 2.28. The molecule has 1 aromatic rings. The van der Waals surface area contributed by atoms with Crippen molar-refractivity contribution in [1.29, 1.82) is 0 Å². The molecule has 0 aliphatic heterocycles. The first-order chi connectivity index (χ1) is 7.66. The zero-order valence-electron chi connectivity index (χ0n) is 8.34. The standard InChI is InChI=1S/C12H9BrF2O/c13-10-2-1-3-11(12(10)15)16-9-6-4-8(14)5-7-9/h3-7H,1-2H2. The van der Waals surface area contributed by atoms with Crippen LogP contribution in [0, 0.1) is 5.82 Å². The molecule has 1 nitrogen and oxygen atoms in total. The molecule has 4 heteroatoms. The fourth-order valence-electron chi connectivity index (χ4n) is 1.38. The summed E-state index contributed by atoms with van der Waals surface area (Å²) in [6.45, 7) is 0. The highest BCUT2D eigenvalue weighted by molar-refractivity contribution is 9.11. The van der Waals surface area contributed by atoms with E-state index in [4.69, 9.17) is 4.74 Å². The summed E-state index contributed by atoms with van der Waals surface area (Å²) < 4.78 is 32.0. The molecule has 1 aliphatic carbocycles. The van der Waals surface area contributed by atoms with Gasteiger partial charge >= 0.3 is 0 Å². The van der Waals surface area contributed by atoms with Crippen molar-refractivity contribution >= 4 is 15.9 Å². The molecule has 0 heterocycles. The number of hydrogen-bond donors (Lipinski definition) is 0. The lowest BCUT2D eigenvalue weighted by Gasteiger charge is -2.13. The van der Waals surface area contributed by atoms with Gasteiger partial charge in [0.1, 0.15) is 11.6 Å². The van der Waals surface area contributed by atoms with Gasteiger partial charge in [-0.1, -0.05) is 15.9 Å². The van der Waals surface area contributed by atoms with Crippen LogP contribution in [-0.4, -0.2) is 0 Å². The van der Waals surface area contributed by atoms with E-state index < -0.39 is 5.83 Å². The van der Waals surface area contributed by atoms with Gasteiger partial charge in [-0.15, -0.1) is 0 Å². The van der Waals surface area contributed by atoms with Gasteiger partial charge in [-0.05, 0) is 43.2 Å². The van der Waals surface area contributed by atoms with Crippen molar-refractivity contribution < 1.29 is 13.5 Å². The van der Waals surface area contributed by atoms with Crippen LogP contribution >= 0.6 is 15.9 Å². The molecule has 2 rings (SSSR count). The van der Waals surface area contributed by atoms with E-state index in [1.807, 2.05) is 0 Å². The predicted octanol–water partition coefficient (Wildman–Crippen LogP) is 4.46. The zero-order valence-corrected chi connectivity index (χ0v) is 9.93. The lowest BCUT2D eigenvalue weighted by Crippen LogP contribution is -2.01. The minimum atomic E-state index is -0.393. The van der Waals surface area contributed by atoms with Gasteiger partial charge in [0.05, 0.1) is 0 Å². The van der Waals surface area contributed by atoms with Crippen LogP contribution in [-0.2, 0) is 0 Å². The zero-order chi connectivity index (χ0) is 11.5. The van der Waals surface area contributed by atoms with Crippen LogP contribution in [0.3, 0.4) is 0 Å². The van der Waals surface area contributed by atoms with E-state index in [1.54, 1.807) is 6.08 Å². The lowest BCUT2D eigenvalue weighted by molar-refractivity contribution is 0.394. The smallest absolute Gasteiger partial charge is 0.175 e. The summed E-state index contributed by atoms with van der Waals surface area (Å²) in [6.07, 6.45) is 3.05. The highest BCUT2D eigenvalue weighted by atomic mass is 79.9. The molecule has 0 unspecified atom stereocenters. The molecule has 84 valence electrons. The first kappa shape index (κ1) is 11.3. The summed E-state index contributed by atoms with van der Waals surface area (Å²) in [5.74, 6) is -0.132. The number of halogens is 3. The third-order valence-corrected chi connectivity index (χ3v) is 2.93. The molecule has 0 aromatic heterocycles. The average molecular weight is 287 g/mol. The van der Waals surface area contributed by atoms with Crippen molar-refractivity contribution in [1.82, 2.24) is 0 Å². The minimum Gasteiger partial charge on any atom is -0.455 e. The molecular formula is C12H9BrF2O. The Morgan fingerprint density at radius 2 is 1.81 bits per heavy atom. The molecule has 0 saturated carbocycles. The fraction of sp³-hybridized carbons (Fsp3) is 0.167. The third-order valence-electron chi connectivity index (χ3n) is 2.19. The molecule has 0 N–H and O–H groups in total. The second kappa shape index (κ2) is 4.78.